The van der Waals surface area contributed by atoms with Crippen molar-refractivity contribution in [2.75, 3.05) is 47.5 Å². The summed E-state index contributed by atoms with van der Waals surface area (Å²) in [6.45, 7) is 4.11. The molecule has 0 fully saturated rings. The third-order valence-corrected chi connectivity index (χ3v) is 17.2. The quantitative estimate of drug-likeness (QED) is 0.0195. The van der Waals surface area contributed by atoms with E-state index in [1.54, 1.807) is 0 Å². The highest BCUT2D eigenvalue weighted by Gasteiger charge is 2.22. The maximum Gasteiger partial charge on any atom is 0.306 e. The third kappa shape index (κ3) is 70.5. The van der Waals surface area contributed by atoms with Gasteiger partial charge in [0.15, 0.2) is 6.10 Å². The van der Waals surface area contributed by atoms with E-state index in [0.29, 0.717) is 17.4 Å². The Bertz CT molecular complexity index is 1680. The summed E-state index contributed by atoms with van der Waals surface area (Å²) in [5.41, 5.74) is 0. The molecule has 0 heterocycles. The summed E-state index contributed by atoms with van der Waals surface area (Å²) in [6.07, 6.45) is 90.4. The maximum atomic E-state index is 12.8. The molecule has 502 valence electrons. The number of phosphoric acid groups is 1. The number of hydrogen-bond donors (Lipinski definition) is 0. The SMILES string of the molecule is CC/C=C\C/C=C\C/C=C\C/C=C\C/C=C\C/C=C\CCCCC(=O)OC(COC(=O)CCCCCCCCCCCCCCCCCCCCCCCCCCCCCCCCCCCCCCCCCCC)COP(=O)([O-])OCC[N+](C)(C)C. The fourth-order valence-electron chi connectivity index (χ4n) is 10.7. The number of unbranched alkanes of at least 4 members (excludes halogenated alkanes) is 42. The summed E-state index contributed by atoms with van der Waals surface area (Å²) >= 11 is 0. The zero-order valence-electron chi connectivity index (χ0n) is 57.3. The predicted molar refractivity (Wildman–Crippen MR) is 370 cm³/mol. The van der Waals surface area contributed by atoms with E-state index in [9.17, 15) is 19.0 Å². The van der Waals surface area contributed by atoms with Gasteiger partial charge in [0.1, 0.15) is 19.8 Å². The smallest absolute Gasteiger partial charge is 0.306 e. The van der Waals surface area contributed by atoms with Crippen LogP contribution in [0.5, 0.6) is 0 Å². The molecule has 0 saturated carbocycles. The Labute approximate surface area is 533 Å². The molecule has 0 aliphatic heterocycles. The summed E-state index contributed by atoms with van der Waals surface area (Å²) in [5.74, 6) is -0.875. The van der Waals surface area contributed by atoms with Gasteiger partial charge in [-0.1, -0.05) is 344 Å². The second-order valence-electron chi connectivity index (χ2n) is 25.9. The van der Waals surface area contributed by atoms with Crippen LogP contribution in [0.1, 0.15) is 348 Å². The second kappa shape index (κ2) is 66.9. The summed E-state index contributed by atoms with van der Waals surface area (Å²) in [6, 6.07) is 0. The lowest BCUT2D eigenvalue weighted by atomic mass is 10.0. The Hall–Kier alpha value is -2.55. The van der Waals surface area contributed by atoms with Crippen LogP contribution in [0.15, 0.2) is 72.9 Å². The zero-order chi connectivity index (χ0) is 62.6. The molecule has 0 aromatic rings. The minimum atomic E-state index is -4.66. The van der Waals surface area contributed by atoms with Gasteiger partial charge in [0.25, 0.3) is 7.82 Å². The van der Waals surface area contributed by atoms with Crippen LogP contribution in [0.25, 0.3) is 0 Å². The van der Waals surface area contributed by atoms with E-state index in [-0.39, 0.29) is 26.1 Å². The van der Waals surface area contributed by atoms with Gasteiger partial charge in [0.05, 0.1) is 27.7 Å². The highest BCUT2D eigenvalue weighted by Crippen LogP contribution is 2.38. The van der Waals surface area contributed by atoms with Crippen LogP contribution in [-0.2, 0) is 32.7 Å². The molecular formula is C76H140NO8P. The highest BCUT2D eigenvalue weighted by molar-refractivity contribution is 7.45. The molecule has 0 amide bonds. The third-order valence-electron chi connectivity index (χ3n) is 16.2. The van der Waals surface area contributed by atoms with Gasteiger partial charge >= 0.3 is 11.9 Å². The van der Waals surface area contributed by atoms with Crippen LogP contribution in [0.2, 0.25) is 0 Å². The molecule has 0 spiro atoms. The topological polar surface area (TPSA) is 111 Å². The van der Waals surface area contributed by atoms with Gasteiger partial charge in [0, 0.05) is 12.8 Å². The van der Waals surface area contributed by atoms with E-state index < -0.39 is 32.5 Å². The van der Waals surface area contributed by atoms with Gasteiger partial charge in [-0.05, 0) is 64.2 Å². The number of phosphoric ester groups is 1. The normalized spacial score (nSPS) is 13.5. The zero-order valence-corrected chi connectivity index (χ0v) is 58.2. The van der Waals surface area contributed by atoms with Crippen LogP contribution in [0.3, 0.4) is 0 Å². The fraction of sp³-hybridized carbons (Fsp3) is 0.816. The van der Waals surface area contributed by atoms with E-state index >= 15 is 0 Å². The van der Waals surface area contributed by atoms with Crippen molar-refractivity contribution in [1.82, 2.24) is 0 Å². The first-order valence-corrected chi connectivity index (χ1v) is 38.1. The van der Waals surface area contributed by atoms with Gasteiger partial charge in [-0.3, -0.25) is 14.2 Å². The first-order chi connectivity index (χ1) is 42.0. The van der Waals surface area contributed by atoms with E-state index in [1.807, 2.05) is 21.1 Å². The molecule has 0 rings (SSSR count). The molecule has 0 bridgehead atoms. The second-order valence-corrected chi connectivity index (χ2v) is 27.3. The van der Waals surface area contributed by atoms with E-state index in [4.69, 9.17) is 18.5 Å². The van der Waals surface area contributed by atoms with Crippen molar-refractivity contribution in [2.24, 2.45) is 0 Å². The van der Waals surface area contributed by atoms with Crippen LogP contribution in [0, 0.1) is 0 Å². The lowest BCUT2D eigenvalue weighted by molar-refractivity contribution is -0.870. The summed E-state index contributed by atoms with van der Waals surface area (Å²) in [4.78, 5) is 38.0. The van der Waals surface area contributed by atoms with Gasteiger partial charge in [0.2, 0.25) is 0 Å². The molecule has 0 aromatic heterocycles. The Morgan fingerprint density at radius 1 is 0.372 bits per heavy atom. The van der Waals surface area contributed by atoms with Crippen molar-refractivity contribution in [3.63, 3.8) is 0 Å². The monoisotopic (exact) mass is 1230 g/mol. The Kier molecular flexibility index (Phi) is 64.9. The highest BCUT2D eigenvalue weighted by atomic mass is 31.2. The first-order valence-electron chi connectivity index (χ1n) is 36.6. The molecule has 86 heavy (non-hydrogen) atoms. The molecule has 10 heteroatoms. The first kappa shape index (κ1) is 83.5. The number of nitrogens with zero attached hydrogens (tertiary/aromatic N) is 1. The minimum absolute atomic E-state index is 0.0414. The summed E-state index contributed by atoms with van der Waals surface area (Å²) in [7, 11) is 1.14. The Morgan fingerprint density at radius 2 is 0.663 bits per heavy atom. The van der Waals surface area contributed by atoms with Gasteiger partial charge in [-0.25, -0.2) is 0 Å². The molecule has 2 atom stereocenters. The van der Waals surface area contributed by atoms with Crippen LogP contribution < -0.4 is 4.89 Å². The van der Waals surface area contributed by atoms with Gasteiger partial charge < -0.3 is 27.9 Å². The number of quaternary nitrogens is 1. The van der Waals surface area contributed by atoms with E-state index in [1.165, 1.54) is 244 Å². The predicted octanol–water partition coefficient (Wildman–Crippen LogP) is 23.3. The molecule has 0 aliphatic carbocycles. The molecule has 0 aromatic carbocycles. The summed E-state index contributed by atoms with van der Waals surface area (Å²) in [5, 5.41) is 0. The molecular weight excluding hydrogens is 1090 g/mol. The molecule has 0 saturated heterocycles. The number of esters is 2. The van der Waals surface area contributed by atoms with Crippen molar-refractivity contribution in [3.05, 3.63) is 72.9 Å². The molecule has 2 unspecified atom stereocenters. The molecule has 0 aliphatic rings. The minimum Gasteiger partial charge on any atom is -0.756 e. The van der Waals surface area contributed by atoms with Crippen molar-refractivity contribution in [3.8, 4) is 0 Å². The lowest BCUT2D eigenvalue weighted by Gasteiger charge is -2.28. The number of carbonyl (C=O) groups excluding carboxylic acids is 2. The average Bonchev–Trinajstić information content (AvgIpc) is 3.67. The Balaban J connectivity index is 3.91. The van der Waals surface area contributed by atoms with Crippen LogP contribution in [-0.4, -0.2) is 70.0 Å². The van der Waals surface area contributed by atoms with Crippen molar-refractivity contribution in [1.29, 1.82) is 0 Å². The number of carbonyl (C=O) groups is 2. The van der Waals surface area contributed by atoms with E-state index in [2.05, 4.69) is 86.8 Å². The standard InChI is InChI=1S/C76H140NO8P/c1-6-8-10-12-14-16-18-20-22-24-26-28-29-30-31-32-33-34-35-36-37-38-39-40-41-42-43-44-45-46-47-49-50-52-54-56-58-60-62-64-66-68-75(78)82-72-74(73-84-86(80,81)83-71-70-77(3,4)5)85-76(79)69-67-65-63-61-59-57-55-53-51-48-27-25-23-21-19-17-15-13-11-9-7-2/h9,11,15,17,21,23,27,48,53,55,59,61,74H,6-8,10,12-14,16,18-20,22,24-26,28-47,49-52,54,56-58,60,62-73H2,1-5H3/b11-9-,17-15-,23-21-,48-27-,55-53-,61-59-. The number of likely N-dealkylation sites (N-methyl/N-ethyl adjacent to an activating group) is 1. The molecule has 0 radical (unpaired) electrons. The fourth-order valence-corrected chi connectivity index (χ4v) is 11.4. The van der Waals surface area contributed by atoms with Crippen molar-refractivity contribution < 1.29 is 42.1 Å². The van der Waals surface area contributed by atoms with Gasteiger partial charge in [-0.2, -0.15) is 0 Å². The average molecular weight is 1230 g/mol. The maximum absolute atomic E-state index is 12.8. The van der Waals surface area contributed by atoms with Crippen molar-refractivity contribution in [2.45, 2.75) is 354 Å². The van der Waals surface area contributed by atoms with Gasteiger partial charge in [-0.15, -0.1) is 0 Å². The number of allylic oxidation sites excluding steroid dienone is 12. The largest absolute Gasteiger partial charge is 0.756 e. The van der Waals surface area contributed by atoms with Crippen molar-refractivity contribution >= 4 is 19.8 Å². The lowest BCUT2D eigenvalue weighted by Crippen LogP contribution is -2.37. The number of rotatable bonds is 68. The van der Waals surface area contributed by atoms with E-state index in [0.717, 1.165) is 70.6 Å². The number of hydrogen-bond acceptors (Lipinski definition) is 8. The molecule has 0 N–H and O–H groups in total. The molecule has 9 nitrogen and oxygen atoms in total. The van der Waals surface area contributed by atoms with Crippen LogP contribution in [0.4, 0.5) is 0 Å². The summed E-state index contributed by atoms with van der Waals surface area (Å²) < 4.78 is 34.2. The van der Waals surface area contributed by atoms with Crippen LogP contribution >= 0.6 is 7.82 Å². The number of ether oxygens (including phenoxy) is 2. The Morgan fingerprint density at radius 3 is 0.988 bits per heavy atom.